The number of rotatable bonds is 7. The van der Waals surface area contributed by atoms with Crippen LogP contribution in [0.4, 0.5) is 19.0 Å². The Morgan fingerprint density at radius 1 is 1.00 bits per heavy atom. The van der Waals surface area contributed by atoms with Crippen molar-refractivity contribution in [1.82, 2.24) is 9.97 Å². The number of halogens is 4. The minimum absolute atomic E-state index is 0.575. The third-order valence-electron chi connectivity index (χ3n) is 5.78. The highest BCUT2D eigenvalue weighted by Gasteiger charge is 2.30. The van der Waals surface area contributed by atoms with E-state index in [1.807, 2.05) is 24.3 Å². The van der Waals surface area contributed by atoms with Crippen molar-refractivity contribution in [2.24, 2.45) is 0 Å². The van der Waals surface area contributed by atoms with Crippen LogP contribution in [0.1, 0.15) is 33.8 Å². The lowest BCUT2D eigenvalue weighted by atomic mass is 10.1. The minimum Gasteiger partial charge on any atom is -0.369 e. The number of nitrogens with zero attached hydrogens (tertiary/aromatic N) is 2. The van der Waals surface area contributed by atoms with Gasteiger partial charge in [0.05, 0.1) is 16.7 Å². The van der Waals surface area contributed by atoms with E-state index in [1.54, 1.807) is 23.1 Å². The molecule has 0 bridgehead atoms. The van der Waals surface area contributed by atoms with Crippen LogP contribution in [0.25, 0.3) is 10.2 Å². The fourth-order valence-corrected chi connectivity index (χ4v) is 6.26. The van der Waals surface area contributed by atoms with E-state index in [0.29, 0.717) is 23.7 Å². The molecule has 5 rings (SSSR count). The fraction of sp³-hybridized carbons (Fsp3) is 0.280. The Bertz CT molecular complexity index is 1300. The number of hydrogen-bond acceptors (Lipinski definition) is 5. The summed E-state index contributed by atoms with van der Waals surface area (Å²) in [5.41, 5.74) is 1.56. The van der Waals surface area contributed by atoms with Crippen LogP contribution in [0.3, 0.4) is 0 Å². The van der Waals surface area contributed by atoms with E-state index in [9.17, 15) is 13.2 Å². The van der Waals surface area contributed by atoms with E-state index in [1.165, 1.54) is 22.6 Å². The van der Waals surface area contributed by atoms with Crippen molar-refractivity contribution >= 4 is 50.7 Å². The number of fused-ring (bicyclic) bond motifs is 3. The van der Waals surface area contributed by atoms with Crippen LogP contribution >= 0.6 is 34.7 Å². The third kappa shape index (κ3) is 5.19. The summed E-state index contributed by atoms with van der Waals surface area (Å²) >= 11 is 9.38. The molecule has 2 heterocycles. The molecule has 0 radical (unpaired) electrons. The maximum Gasteiger partial charge on any atom is 0.416 e. The summed E-state index contributed by atoms with van der Waals surface area (Å²) in [7, 11) is 0. The molecule has 176 valence electrons. The van der Waals surface area contributed by atoms with E-state index in [2.05, 4.69) is 5.32 Å². The summed E-state index contributed by atoms with van der Waals surface area (Å²) in [5.74, 6) is 2.21. The van der Waals surface area contributed by atoms with Crippen molar-refractivity contribution < 1.29 is 13.2 Å². The summed E-state index contributed by atoms with van der Waals surface area (Å²) in [6.07, 6.45) is -0.453. The number of anilines is 1. The Kier molecular flexibility index (Phi) is 6.73. The standard InChI is InChI=1S/C25H21ClF3N3S2/c26-17-8-10-18(11-9-17)33-14-21-31-23(22-19-2-1-3-20(19)34-24(22)32-21)30-13-12-15-4-6-16(7-5-15)25(27,28)29/h4-11H,1-3,12-14H2,(H,30,31,32). The smallest absolute Gasteiger partial charge is 0.369 e. The van der Waals surface area contributed by atoms with Gasteiger partial charge in [0.1, 0.15) is 16.5 Å². The summed E-state index contributed by atoms with van der Waals surface area (Å²) < 4.78 is 38.4. The summed E-state index contributed by atoms with van der Waals surface area (Å²) in [6, 6.07) is 13.0. The molecule has 1 aliphatic carbocycles. The molecule has 34 heavy (non-hydrogen) atoms. The Morgan fingerprint density at radius 2 is 1.76 bits per heavy atom. The lowest BCUT2D eigenvalue weighted by Gasteiger charge is -2.11. The van der Waals surface area contributed by atoms with Gasteiger partial charge in [0.15, 0.2) is 0 Å². The van der Waals surface area contributed by atoms with Gasteiger partial charge in [-0.1, -0.05) is 23.7 Å². The second-order valence-corrected chi connectivity index (χ2v) is 10.7. The van der Waals surface area contributed by atoms with Gasteiger partial charge >= 0.3 is 6.18 Å². The molecule has 3 nitrogen and oxygen atoms in total. The average Bonchev–Trinajstić information content (AvgIpc) is 3.39. The molecule has 0 saturated heterocycles. The number of nitrogens with one attached hydrogen (secondary N) is 1. The van der Waals surface area contributed by atoms with E-state index in [-0.39, 0.29) is 0 Å². The number of aromatic nitrogens is 2. The molecule has 4 aromatic rings. The topological polar surface area (TPSA) is 37.8 Å². The van der Waals surface area contributed by atoms with Gasteiger partial charge < -0.3 is 5.32 Å². The molecule has 2 aromatic carbocycles. The number of thiophene rings is 1. The maximum atomic E-state index is 12.8. The molecule has 0 fully saturated rings. The second kappa shape index (κ2) is 9.76. The highest BCUT2D eigenvalue weighted by Crippen LogP contribution is 2.40. The van der Waals surface area contributed by atoms with Crippen molar-refractivity contribution in [1.29, 1.82) is 0 Å². The summed E-state index contributed by atoms with van der Waals surface area (Å²) in [4.78, 5) is 13.2. The van der Waals surface area contributed by atoms with Gasteiger partial charge in [0.2, 0.25) is 0 Å². The molecule has 1 aliphatic rings. The minimum atomic E-state index is -4.32. The SMILES string of the molecule is FC(F)(F)c1ccc(CCNc2nc(CSc3ccc(Cl)cc3)nc3sc4c(c23)CCC4)cc1. The lowest BCUT2D eigenvalue weighted by molar-refractivity contribution is -0.137. The summed E-state index contributed by atoms with van der Waals surface area (Å²) in [5, 5.41) is 5.25. The zero-order chi connectivity index (χ0) is 23.7. The first-order valence-corrected chi connectivity index (χ1v) is 13.1. The van der Waals surface area contributed by atoms with Gasteiger partial charge in [-0.2, -0.15) is 13.2 Å². The largest absolute Gasteiger partial charge is 0.416 e. The van der Waals surface area contributed by atoms with Gasteiger partial charge in [-0.15, -0.1) is 23.1 Å². The van der Waals surface area contributed by atoms with Crippen LogP contribution in [0.15, 0.2) is 53.4 Å². The predicted molar refractivity (Wildman–Crippen MR) is 134 cm³/mol. The molecule has 0 atom stereocenters. The van der Waals surface area contributed by atoms with Crippen LogP contribution in [0, 0.1) is 0 Å². The Hall–Kier alpha value is -2.29. The Morgan fingerprint density at radius 3 is 2.50 bits per heavy atom. The zero-order valence-electron chi connectivity index (χ0n) is 18.1. The number of aryl methyl sites for hydroxylation is 2. The van der Waals surface area contributed by atoms with Crippen LogP contribution in [0.2, 0.25) is 5.02 Å². The van der Waals surface area contributed by atoms with E-state index < -0.39 is 11.7 Å². The first-order chi connectivity index (χ1) is 16.4. The number of alkyl halides is 3. The highest BCUT2D eigenvalue weighted by atomic mass is 35.5. The average molecular weight is 520 g/mol. The number of thioether (sulfide) groups is 1. The normalized spacial score (nSPS) is 13.4. The van der Waals surface area contributed by atoms with Gasteiger partial charge in [0.25, 0.3) is 0 Å². The number of hydrogen-bond donors (Lipinski definition) is 1. The molecule has 1 N–H and O–H groups in total. The van der Waals surface area contributed by atoms with E-state index >= 15 is 0 Å². The van der Waals surface area contributed by atoms with Gasteiger partial charge in [0, 0.05) is 21.3 Å². The lowest BCUT2D eigenvalue weighted by Crippen LogP contribution is -2.09. The second-order valence-electron chi connectivity index (χ2n) is 8.14. The van der Waals surface area contributed by atoms with Gasteiger partial charge in [-0.3, -0.25) is 0 Å². The maximum absolute atomic E-state index is 12.8. The van der Waals surface area contributed by atoms with Crippen molar-refractivity contribution in [3.8, 4) is 0 Å². The monoisotopic (exact) mass is 519 g/mol. The van der Waals surface area contributed by atoms with E-state index in [4.69, 9.17) is 21.6 Å². The first-order valence-electron chi connectivity index (χ1n) is 11.0. The van der Waals surface area contributed by atoms with Gasteiger partial charge in [-0.25, -0.2) is 9.97 Å². The fourth-order valence-electron chi connectivity index (χ4n) is 4.10. The molecule has 2 aromatic heterocycles. The molecule has 9 heteroatoms. The molecule has 0 unspecified atom stereocenters. The van der Waals surface area contributed by atoms with Crippen LogP contribution in [-0.4, -0.2) is 16.5 Å². The molecular formula is C25H21ClF3N3S2. The van der Waals surface area contributed by atoms with Crippen LogP contribution in [0.5, 0.6) is 0 Å². The van der Waals surface area contributed by atoms with Crippen molar-refractivity contribution in [2.45, 2.75) is 42.5 Å². The Balaban J connectivity index is 1.33. The molecule has 0 amide bonds. The summed E-state index contributed by atoms with van der Waals surface area (Å²) in [6.45, 7) is 0.575. The van der Waals surface area contributed by atoms with E-state index in [0.717, 1.165) is 63.7 Å². The zero-order valence-corrected chi connectivity index (χ0v) is 20.5. The molecule has 0 saturated carbocycles. The van der Waals surface area contributed by atoms with Crippen molar-refractivity contribution in [2.75, 3.05) is 11.9 Å². The molecule has 0 aliphatic heterocycles. The van der Waals surface area contributed by atoms with Gasteiger partial charge in [-0.05, 0) is 73.2 Å². The quantitative estimate of drug-likeness (QED) is 0.253. The van der Waals surface area contributed by atoms with Crippen molar-refractivity contribution in [3.63, 3.8) is 0 Å². The Labute approximate surface area is 208 Å². The first kappa shape index (κ1) is 23.5. The van der Waals surface area contributed by atoms with Crippen molar-refractivity contribution in [3.05, 3.63) is 80.9 Å². The molecular weight excluding hydrogens is 499 g/mol. The van der Waals surface area contributed by atoms with Crippen LogP contribution < -0.4 is 5.32 Å². The number of benzene rings is 2. The van der Waals surface area contributed by atoms with Crippen LogP contribution in [-0.2, 0) is 31.2 Å². The predicted octanol–water partition coefficient (Wildman–Crippen LogP) is 7.80. The third-order valence-corrected chi connectivity index (χ3v) is 8.23. The molecule has 0 spiro atoms. The highest BCUT2D eigenvalue weighted by molar-refractivity contribution is 7.98.